The molecule has 1 aliphatic heterocycles. The Morgan fingerprint density at radius 3 is 2.41 bits per heavy atom. The molecule has 1 aliphatic rings. The molecular weight excluding hydrogens is 391 g/mol. The van der Waals surface area contributed by atoms with E-state index < -0.39 is 41.2 Å². The number of nitrogens with two attached hydrogens (primary N) is 1. The van der Waals surface area contributed by atoms with Crippen molar-refractivity contribution in [3.8, 4) is 5.75 Å². The molecule has 0 aliphatic carbocycles. The van der Waals surface area contributed by atoms with Gasteiger partial charge in [-0.2, -0.15) is 17.5 Å². The number of amides is 2. The lowest BCUT2D eigenvalue weighted by Crippen LogP contribution is -2.36. The van der Waals surface area contributed by atoms with Crippen LogP contribution < -0.4 is 15.8 Å². The third-order valence-electron chi connectivity index (χ3n) is 3.76. The number of hydrogen-bond acceptors (Lipinski definition) is 5. The maximum absolute atomic E-state index is 12.5. The highest BCUT2D eigenvalue weighted by Gasteiger charge is 2.29. The van der Waals surface area contributed by atoms with Crippen molar-refractivity contribution in [3.63, 3.8) is 0 Å². The number of benzene rings is 1. The summed E-state index contributed by atoms with van der Waals surface area (Å²) < 4.78 is 67.5. The molecule has 150 valence electrons. The SMILES string of the molecule is NC(=O)c1cc(S(=O)(=O)N2CCCC2)ccc1OCC(=O)NCC(F)(F)F. The van der Waals surface area contributed by atoms with Crippen LogP contribution in [0.3, 0.4) is 0 Å². The lowest BCUT2D eigenvalue weighted by atomic mass is 10.2. The van der Waals surface area contributed by atoms with Crippen molar-refractivity contribution in [1.29, 1.82) is 0 Å². The molecule has 1 saturated heterocycles. The molecule has 0 spiro atoms. The van der Waals surface area contributed by atoms with E-state index in [1.807, 2.05) is 0 Å². The Balaban J connectivity index is 2.14. The molecule has 2 rings (SSSR count). The van der Waals surface area contributed by atoms with Crippen LogP contribution in [0.15, 0.2) is 23.1 Å². The zero-order valence-corrected chi connectivity index (χ0v) is 14.9. The number of carbonyl (C=O) groups excluding carboxylic acids is 2. The van der Waals surface area contributed by atoms with Crippen LogP contribution in [0.1, 0.15) is 23.2 Å². The Labute approximate surface area is 153 Å². The van der Waals surface area contributed by atoms with Gasteiger partial charge in [0.1, 0.15) is 12.3 Å². The highest BCUT2D eigenvalue weighted by molar-refractivity contribution is 7.89. The van der Waals surface area contributed by atoms with Crippen LogP contribution in [-0.2, 0) is 14.8 Å². The summed E-state index contributed by atoms with van der Waals surface area (Å²) in [6, 6.07) is 3.35. The normalized spacial score (nSPS) is 15.5. The van der Waals surface area contributed by atoms with E-state index in [9.17, 15) is 31.2 Å². The van der Waals surface area contributed by atoms with Crippen molar-refractivity contribution in [2.45, 2.75) is 23.9 Å². The van der Waals surface area contributed by atoms with E-state index in [0.717, 1.165) is 25.0 Å². The topological polar surface area (TPSA) is 119 Å². The van der Waals surface area contributed by atoms with Crippen molar-refractivity contribution >= 4 is 21.8 Å². The second-order valence-corrected chi connectivity index (χ2v) is 7.75. The number of sulfonamides is 1. The molecule has 2 amide bonds. The zero-order valence-electron chi connectivity index (χ0n) is 14.1. The van der Waals surface area contributed by atoms with Crippen LogP contribution in [0.2, 0.25) is 0 Å². The van der Waals surface area contributed by atoms with Gasteiger partial charge in [0, 0.05) is 13.1 Å². The van der Waals surface area contributed by atoms with Gasteiger partial charge >= 0.3 is 6.18 Å². The maximum Gasteiger partial charge on any atom is 0.405 e. The summed E-state index contributed by atoms with van der Waals surface area (Å²) in [4.78, 5) is 22.8. The Bertz CT molecular complexity index is 820. The number of ether oxygens (including phenoxy) is 1. The van der Waals surface area contributed by atoms with Gasteiger partial charge in [0.2, 0.25) is 10.0 Å². The van der Waals surface area contributed by atoms with Crippen molar-refractivity contribution in [3.05, 3.63) is 23.8 Å². The highest BCUT2D eigenvalue weighted by Crippen LogP contribution is 2.26. The minimum Gasteiger partial charge on any atom is -0.483 e. The first-order valence-electron chi connectivity index (χ1n) is 7.91. The minimum absolute atomic E-state index is 0.160. The quantitative estimate of drug-likeness (QED) is 0.685. The molecule has 12 heteroatoms. The van der Waals surface area contributed by atoms with E-state index in [1.165, 1.54) is 10.4 Å². The fraction of sp³-hybridized carbons (Fsp3) is 0.467. The van der Waals surface area contributed by atoms with Crippen molar-refractivity contribution in [2.75, 3.05) is 26.2 Å². The first kappa shape index (κ1) is 21.0. The summed E-state index contributed by atoms with van der Waals surface area (Å²) in [5, 5.41) is 1.61. The second kappa shape index (κ2) is 8.13. The number of nitrogens with one attached hydrogen (secondary N) is 1. The number of nitrogens with zero attached hydrogens (tertiary/aromatic N) is 1. The summed E-state index contributed by atoms with van der Waals surface area (Å²) in [6.45, 7) is -1.59. The van der Waals surface area contributed by atoms with Gasteiger partial charge in [0.25, 0.3) is 11.8 Å². The van der Waals surface area contributed by atoms with Crippen molar-refractivity contribution < 1.29 is 35.9 Å². The van der Waals surface area contributed by atoms with E-state index >= 15 is 0 Å². The summed E-state index contributed by atoms with van der Waals surface area (Å²) >= 11 is 0. The van der Waals surface area contributed by atoms with E-state index in [1.54, 1.807) is 5.32 Å². The maximum atomic E-state index is 12.5. The average Bonchev–Trinajstić information content (AvgIpc) is 3.12. The van der Waals surface area contributed by atoms with Crippen LogP contribution in [-0.4, -0.2) is 57.0 Å². The van der Waals surface area contributed by atoms with Crippen LogP contribution in [0.25, 0.3) is 0 Å². The first-order chi connectivity index (χ1) is 12.5. The molecule has 27 heavy (non-hydrogen) atoms. The van der Waals surface area contributed by atoms with Gasteiger partial charge in [-0.05, 0) is 31.0 Å². The predicted octanol–water partition coefficient (Wildman–Crippen LogP) is 0.627. The molecule has 1 heterocycles. The van der Waals surface area contributed by atoms with Gasteiger partial charge in [0.05, 0.1) is 10.5 Å². The molecule has 0 aromatic heterocycles. The molecule has 1 aromatic rings. The number of halogens is 3. The van der Waals surface area contributed by atoms with Gasteiger partial charge in [0.15, 0.2) is 6.61 Å². The molecule has 0 saturated carbocycles. The molecular formula is C15H18F3N3O5S. The fourth-order valence-corrected chi connectivity index (χ4v) is 4.00. The molecule has 0 atom stereocenters. The van der Waals surface area contributed by atoms with E-state index in [2.05, 4.69) is 0 Å². The first-order valence-corrected chi connectivity index (χ1v) is 9.35. The third-order valence-corrected chi connectivity index (χ3v) is 5.66. The molecule has 8 nitrogen and oxygen atoms in total. The van der Waals surface area contributed by atoms with Gasteiger partial charge in [-0.3, -0.25) is 9.59 Å². The Morgan fingerprint density at radius 2 is 1.85 bits per heavy atom. The number of alkyl halides is 3. The van der Waals surface area contributed by atoms with Crippen molar-refractivity contribution in [2.24, 2.45) is 5.73 Å². The fourth-order valence-electron chi connectivity index (χ4n) is 2.46. The number of rotatable bonds is 7. The smallest absolute Gasteiger partial charge is 0.405 e. The largest absolute Gasteiger partial charge is 0.483 e. The standard InChI is InChI=1S/C15H18F3N3O5S/c16-15(17,18)9-20-13(22)8-26-12-4-3-10(7-11(12)14(19)23)27(24,25)21-5-1-2-6-21/h3-4,7H,1-2,5-6,8-9H2,(H2,19,23)(H,20,22). The number of hydrogen-bond donors (Lipinski definition) is 2. The lowest BCUT2D eigenvalue weighted by molar-refractivity contribution is -0.139. The van der Waals surface area contributed by atoms with Gasteiger partial charge < -0.3 is 15.8 Å². The van der Waals surface area contributed by atoms with E-state index in [0.29, 0.717) is 13.1 Å². The molecule has 1 aromatic carbocycles. The van der Waals surface area contributed by atoms with E-state index in [4.69, 9.17) is 10.5 Å². The van der Waals surface area contributed by atoms with Gasteiger partial charge in [-0.25, -0.2) is 8.42 Å². The van der Waals surface area contributed by atoms with Crippen molar-refractivity contribution in [1.82, 2.24) is 9.62 Å². The van der Waals surface area contributed by atoms with E-state index in [-0.39, 0.29) is 16.2 Å². The summed E-state index contributed by atoms with van der Waals surface area (Å²) in [5.41, 5.74) is 4.93. The number of primary amides is 1. The summed E-state index contributed by atoms with van der Waals surface area (Å²) in [7, 11) is -3.80. The monoisotopic (exact) mass is 409 g/mol. The molecule has 0 unspecified atom stereocenters. The van der Waals surface area contributed by atoms with Crippen LogP contribution in [0.5, 0.6) is 5.75 Å². The highest BCUT2D eigenvalue weighted by atomic mass is 32.2. The van der Waals surface area contributed by atoms with Crippen LogP contribution in [0.4, 0.5) is 13.2 Å². The molecule has 3 N–H and O–H groups in total. The van der Waals surface area contributed by atoms with Crippen LogP contribution in [0, 0.1) is 0 Å². The zero-order chi connectivity index (χ0) is 20.2. The Morgan fingerprint density at radius 1 is 1.22 bits per heavy atom. The molecule has 1 fully saturated rings. The Hall–Kier alpha value is -2.34. The minimum atomic E-state index is -4.57. The van der Waals surface area contributed by atoms with Gasteiger partial charge in [-0.1, -0.05) is 0 Å². The van der Waals surface area contributed by atoms with Gasteiger partial charge in [-0.15, -0.1) is 0 Å². The van der Waals surface area contributed by atoms with Crippen LogP contribution >= 0.6 is 0 Å². The third kappa shape index (κ3) is 5.57. The summed E-state index contributed by atoms with van der Waals surface area (Å²) in [5.74, 6) is -2.26. The second-order valence-electron chi connectivity index (χ2n) is 5.81. The number of carbonyl (C=O) groups is 2. The molecule has 0 bridgehead atoms. The Kier molecular flexibility index (Phi) is 6.31. The predicted molar refractivity (Wildman–Crippen MR) is 87.5 cm³/mol. The lowest BCUT2D eigenvalue weighted by Gasteiger charge is -2.17. The summed E-state index contributed by atoms with van der Waals surface area (Å²) in [6.07, 6.45) is -3.11. The average molecular weight is 409 g/mol. The molecule has 0 radical (unpaired) electrons.